The zero-order chi connectivity index (χ0) is 23.9. The first-order valence-electron chi connectivity index (χ1n) is 11.6. The largest absolute Gasteiger partial charge is 0.351 e. The van der Waals surface area contributed by atoms with Crippen LogP contribution in [0.3, 0.4) is 0 Å². The van der Waals surface area contributed by atoms with Crippen molar-refractivity contribution in [2.24, 2.45) is 0 Å². The number of nitrogens with one attached hydrogen (secondary N) is 1. The second kappa shape index (κ2) is 10.8. The predicted molar refractivity (Wildman–Crippen MR) is 133 cm³/mol. The molecule has 6 nitrogen and oxygen atoms in total. The van der Waals surface area contributed by atoms with Crippen LogP contribution in [0.1, 0.15) is 45.7 Å². The van der Waals surface area contributed by atoms with Gasteiger partial charge in [0.05, 0.1) is 5.69 Å². The molecule has 0 saturated heterocycles. The van der Waals surface area contributed by atoms with E-state index in [0.29, 0.717) is 43.9 Å². The number of nitrogens with zero attached hydrogens (tertiary/aromatic N) is 3. The van der Waals surface area contributed by atoms with Crippen LogP contribution in [-0.2, 0) is 17.9 Å². The predicted octanol–water partition coefficient (Wildman–Crippen LogP) is 4.69. The highest BCUT2D eigenvalue weighted by Gasteiger charge is 2.18. The van der Waals surface area contributed by atoms with Crippen molar-refractivity contribution >= 4 is 17.5 Å². The zero-order valence-electron chi connectivity index (χ0n) is 19.7. The molecule has 1 N–H and O–H groups in total. The molecule has 174 valence electrons. The van der Waals surface area contributed by atoms with Crippen molar-refractivity contribution in [1.29, 1.82) is 0 Å². The minimum Gasteiger partial charge on any atom is -0.351 e. The number of benzene rings is 2. The van der Waals surface area contributed by atoms with E-state index in [1.807, 2.05) is 102 Å². The molecule has 2 aromatic heterocycles. The SMILES string of the molecule is Cc1nc2c(C)cccn2c1C(=O)NCCCC(=O)N(Cc1ccccc1)Cc1ccccc1. The third-order valence-electron chi connectivity index (χ3n) is 5.87. The first-order chi connectivity index (χ1) is 16.5. The molecule has 4 rings (SSSR count). The van der Waals surface area contributed by atoms with Gasteiger partial charge in [-0.2, -0.15) is 0 Å². The van der Waals surface area contributed by atoms with Crippen molar-refractivity contribution in [3.63, 3.8) is 0 Å². The monoisotopic (exact) mass is 454 g/mol. The summed E-state index contributed by atoms with van der Waals surface area (Å²) in [5.41, 5.74) is 5.24. The maximum atomic E-state index is 13.1. The highest BCUT2D eigenvalue weighted by Crippen LogP contribution is 2.16. The number of hydrogen-bond acceptors (Lipinski definition) is 3. The second-order valence-electron chi connectivity index (χ2n) is 8.51. The van der Waals surface area contributed by atoms with Gasteiger partial charge in [0.15, 0.2) is 0 Å². The molecule has 0 spiro atoms. The smallest absolute Gasteiger partial charge is 0.270 e. The number of carbonyl (C=O) groups excluding carboxylic acids is 2. The number of hydrogen-bond donors (Lipinski definition) is 1. The van der Waals surface area contributed by atoms with Gasteiger partial charge in [0.25, 0.3) is 5.91 Å². The maximum Gasteiger partial charge on any atom is 0.270 e. The molecule has 0 aliphatic heterocycles. The quantitative estimate of drug-likeness (QED) is 0.373. The van der Waals surface area contributed by atoms with Gasteiger partial charge < -0.3 is 10.2 Å². The van der Waals surface area contributed by atoms with Crippen LogP contribution >= 0.6 is 0 Å². The van der Waals surface area contributed by atoms with Crippen LogP contribution in [-0.4, -0.2) is 32.6 Å². The van der Waals surface area contributed by atoms with Gasteiger partial charge in [0.1, 0.15) is 11.3 Å². The van der Waals surface area contributed by atoms with Gasteiger partial charge in [0.2, 0.25) is 5.91 Å². The highest BCUT2D eigenvalue weighted by atomic mass is 16.2. The van der Waals surface area contributed by atoms with E-state index in [1.165, 1.54) is 0 Å². The molecule has 4 aromatic rings. The lowest BCUT2D eigenvalue weighted by molar-refractivity contribution is -0.132. The van der Waals surface area contributed by atoms with Crippen molar-refractivity contribution < 1.29 is 9.59 Å². The topological polar surface area (TPSA) is 66.7 Å². The number of carbonyl (C=O) groups is 2. The van der Waals surface area contributed by atoms with E-state index in [-0.39, 0.29) is 11.8 Å². The first-order valence-corrected chi connectivity index (χ1v) is 11.6. The summed E-state index contributed by atoms with van der Waals surface area (Å²) in [6.45, 7) is 5.36. The van der Waals surface area contributed by atoms with E-state index in [1.54, 1.807) is 0 Å². The Bertz CT molecular complexity index is 1220. The van der Waals surface area contributed by atoms with E-state index in [9.17, 15) is 9.59 Å². The van der Waals surface area contributed by atoms with Gasteiger partial charge in [-0.1, -0.05) is 66.7 Å². The lowest BCUT2D eigenvalue weighted by atomic mass is 10.1. The summed E-state index contributed by atoms with van der Waals surface area (Å²) in [4.78, 5) is 32.3. The maximum absolute atomic E-state index is 13.1. The highest BCUT2D eigenvalue weighted by molar-refractivity contribution is 5.94. The van der Waals surface area contributed by atoms with Gasteiger partial charge in [-0.05, 0) is 43.0 Å². The minimum absolute atomic E-state index is 0.0727. The van der Waals surface area contributed by atoms with E-state index < -0.39 is 0 Å². The van der Waals surface area contributed by atoms with Gasteiger partial charge in [-0.3, -0.25) is 14.0 Å². The fourth-order valence-electron chi connectivity index (χ4n) is 4.11. The normalized spacial score (nSPS) is 10.9. The third kappa shape index (κ3) is 5.52. The summed E-state index contributed by atoms with van der Waals surface area (Å²) in [7, 11) is 0. The molecule has 0 fully saturated rings. The molecule has 0 atom stereocenters. The summed E-state index contributed by atoms with van der Waals surface area (Å²) < 4.78 is 1.83. The van der Waals surface area contributed by atoms with Crippen LogP contribution in [0.2, 0.25) is 0 Å². The number of pyridine rings is 1. The van der Waals surface area contributed by atoms with Crippen molar-refractivity contribution in [2.75, 3.05) is 6.54 Å². The standard InChI is InChI=1S/C28H30N4O2/c1-21-11-10-18-32-26(22(2)30-27(21)32)28(34)29-17-9-16-25(33)31(19-23-12-5-3-6-13-23)20-24-14-7-4-8-15-24/h3-8,10-15,18H,9,16-17,19-20H2,1-2H3,(H,29,34). The van der Waals surface area contributed by atoms with E-state index in [2.05, 4.69) is 10.3 Å². The van der Waals surface area contributed by atoms with Gasteiger partial charge in [-0.15, -0.1) is 0 Å². The van der Waals surface area contributed by atoms with Crippen molar-refractivity contribution in [3.05, 3.63) is 107 Å². The molecule has 0 aliphatic carbocycles. The molecule has 0 unspecified atom stereocenters. The number of fused-ring (bicyclic) bond motifs is 1. The lowest BCUT2D eigenvalue weighted by Crippen LogP contribution is -2.31. The number of aryl methyl sites for hydroxylation is 2. The fourth-order valence-corrected chi connectivity index (χ4v) is 4.11. The number of imidazole rings is 1. The number of aromatic nitrogens is 2. The van der Waals surface area contributed by atoms with Gasteiger partial charge in [-0.25, -0.2) is 4.98 Å². The summed E-state index contributed by atoms with van der Waals surface area (Å²) in [6.07, 6.45) is 2.79. The molecule has 34 heavy (non-hydrogen) atoms. The van der Waals surface area contributed by atoms with Crippen LogP contribution in [0.4, 0.5) is 0 Å². The second-order valence-corrected chi connectivity index (χ2v) is 8.51. The Labute approximate surface area is 200 Å². The van der Waals surface area contributed by atoms with Crippen molar-refractivity contribution in [3.8, 4) is 0 Å². The minimum atomic E-state index is -0.173. The third-order valence-corrected chi connectivity index (χ3v) is 5.87. The van der Waals surface area contributed by atoms with E-state index in [4.69, 9.17) is 0 Å². The molecule has 0 bridgehead atoms. The Morgan fingerprint density at radius 3 is 2.12 bits per heavy atom. The number of amides is 2. The average molecular weight is 455 g/mol. The van der Waals surface area contributed by atoms with E-state index in [0.717, 1.165) is 22.3 Å². The summed E-state index contributed by atoms with van der Waals surface area (Å²) in [5, 5.41) is 2.96. The zero-order valence-corrected chi connectivity index (χ0v) is 19.7. The van der Waals surface area contributed by atoms with E-state index >= 15 is 0 Å². The average Bonchev–Trinajstić information content (AvgIpc) is 3.20. The summed E-state index contributed by atoms with van der Waals surface area (Å²) >= 11 is 0. The Hall–Kier alpha value is -3.93. The molecular weight excluding hydrogens is 424 g/mol. The molecule has 0 radical (unpaired) electrons. The van der Waals surface area contributed by atoms with Crippen molar-refractivity contribution in [1.82, 2.24) is 19.6 Å². The molecule has 6 heteroatoms. The van der Waals surface area contributed by atoms with Crippen molar-refractivity contribution in [2.45, 2.75) is 39.8 Å². The van der Waals surface area contributed by atoms with Gasteiger partial charge in [0, 0.05) is 32.3 Å². The van der Waals surface area contributed by atoms with Crippen LogP contribution in [0, 0.1) is 13.8 Å². The van der Waals surface area contributed by atoms with Crippen LogP contribution in [0.25, 0.3) is 5.65 Å². The molecule has 0 saturated carbocycles. The molecule has 2 heterocycles. The molecule has 2 aromatic carbocycles. The van der Waals surface area contributed by atoms with Crippen LogP contribution < -0.4 is 5.32 Å². The Kier molecular flexibility index (Phi) is 7.38. The Morgan fingerprint density at radius 1 is 0.882 bits per heavy atom. The molecular formula is C28H30N4O2. The number of rotatable bonds is 9. The summed E-state index contributed by atoms with van der Waals surface area (Å²) in [5.74, 6) is -0.1000. The Morgan fingerprint density at radius 2 is 1.50 bits per heavy atom. The molecule has 0 aliphatic rings. The fraction of sp³-hybridized carbons (Fsp3) is 0.250. The molecule has 2 amide bonds. The summed E-state index contributed by atoms with van der Waals surface area (Å²) in [6, 6.07) is 23.9. The van der Waals surface area contributed by atoms with Gasteiger partial charge >= 0.3 is 0 Å². The van der Waals surface area contributed by atoms with Crippen LogP contribution in [0.15, 0.2) is 79.0 Å². The Balaban J connectivity index is 1.36. The first kappa shape index (κ1) is 23.2. The lowest BCUT2D eigenvalue weighted by Gasteiger charge is -2.23. The van der Waals surface area contributed by atoms with Crippen LogP contribution in [0.5, 0.6) is 0 Å².